The Morgan fingerprint density at radius 1 is 1.73 bits per heavy atom. The summed E-state index contributed by atoms with van der Waals surface area (Å²) in [5.74, 6) is 0.114. The van der Waals surface area contributed by atoms with Crippen molar-refractivity contribution in [2.45, 2.75) is 32.7 Å². The number of nitrogens with two attached hydrogens (primary N) is 1. The van der Waals surface area contributed by atoms with Gasteiger partial charge in [-0.15, -0.1) is 0 Å². The van der Waals surface area contributed by atoms with Crippen LogP contribution in [0.5, 0.6) is 0 Å². The summed E-state index contributed by atoms with van der Waals surface area (Å²) in [5.41, 5.74) is 7.37. The first kappa shape index (κ1) is 8.33. The summed E-state index contributed by atoms with van der Waals surface area (Å²) >= 11 is 0. The largest absolute Gasteiger partial charge is 0.368 e. The number of hydrogen-bond acceptors (Lipinski definition) is 2. The molecule has 0 heterocycles. The van der Waals surface area contributed by atoms with Crippen LogP contribution in [0.4, 0.5) is 0 Å². The molecule has 0 aromatic rings. The molecule has 0 aliphatic heterocycles. The average Bonchev–Trinajstić information content (AvgIpc) is 1.98. The highest BCUT2D eigenvalue weighted by atomic mass is 16.5. The molecule has 0 aromatic heterocycles. The van der Waals surface area contributed by atoms with Gasteiger partial charge in [-0.05, 0) is 18.3 Å². The van der Waals surface area contributed by atoms with Crippen LogP contribution < -0.4 is 11.2 Å². The van der Waals surface area contributed by atoms with E-state index in [-0.39, 0.29) is 17.4 Å². The minimum Gasteiger partial charge on any atom is -0.368 e. The summed E-state index contributed by atoms with van der Waals surface area (Å²) in [6.45, 7) is 4.30. The monoisotopic (exact) mass is 157 g/mol. The second-order valence-corrected chi connectivity index (χ2v) is 3.67. The molecule has 0 bridgehead atoms. The molecule has 4 heteroatoms. The van der Waals surface area contributed by atoms with Crippen molar-refractivity contribution in [2.24, 2.45) is 16.1 Å². The van der Waals surface area contributed by atoms with Gasteiger partial charge in [-0.2, -0.15) is 0 Å². The van der Waals surface area contributed by atoms with E-state index in [2.05, 4.69) is 18.8 Å². The number of aliphatic imine (C=N–C) groups is 1. The lowest BCUT2D eigenvalue weighted by Crippen LogP contribution is -2.41. The van der Waals surface area contributed by atoms with Crippen LogP contribution in [0.1, 0.15) is 26.7 Å². The van der Waals surface area contributed by atoms with E-state index in [0.717, 1.165) is 6.42 Å². The molecule has 0 radical (unpaired) electrons. The Balaban J connectivity index is 2.51. The lowest BCUT2D eigenvalue weighted by molar-refractivity contribution is 0.142. The van der Waals surface area contributed by atoms with E-state index in [1.807, 2.05) is 5.48 Å². The first-order valence-electron chi connectivity index (χ1n) is 3.79. The fraction of sp³-hybridized carbons (Fsp3) is 0.857. The Labute approximate surface area is 66.5 Å². The topological polar surface area (TPSA) is 70.6 Å². The van der Waals surface area contributed by atoms with Crippen molar-refractivity contribution in [2.75, 3.05) is 0 Å². The average molecular weight is 157 g/mol. The number of rotatable bonds is 1. The highest BCUT2D eigenvalue weighted by Crippen LogP contribution is 2.42. The molecule has 1 rings (SSSR count). The van der Waals surface area contributed by atoms with Gasteiger partial charge in [0.05, 0.1) is 6.04 Å². The van der Waals surface area contributed by atoms with Crippen molar-refractivity contribution in [3.05, 3.63) is 0 Å². The van der Waals surface area contributed by atoms with Crippen LogP contribution in [-0.2, 0) is 0 Å². The van der Waals surface area contributed by atoms with Crippen molar-refractivity contribution in [1.29, 1.82) is 0 Å². The molecule has 1 unspecified atom stereocenters. The standard InChI is InChI=1S/C7H15N3O/c1-7(2)4-3-5(7)9-6(8)10-11/h5,11H,3-4H2,1-2H3,(H3,8,9,10). The summed E-state index contributed by atoms with van der Waals surface area (Å²) in [6, 6.07) is 0.266. The van der Waals surface area contributed by atoms with Gasteiger partial charge in [0.25, 0.3) is 0 Å². The van der Waals surface area contributed by atoms with Crippen LogP contribution in [0.25, 0.3) is 0 Å². The number of nitrogens with one attached hydrogen (secondary N) is 1. The minimum atomic E-state index is 0.114. The Kier molecular flexibility index (Phi) is 2.04. The number of hydroxylamine groups is 1. The molecule has 1 saturated carbocycles. The fourth-order valence-electron chi connectivity index (χ4n) is 1.29. The zero-order valence-corrected chi connectivity index (χ0v) is 6.96. The van der Waals surface area contributed by atoms with Gasteiger partial charge in [-0.1, -0.05) is 13.8 Å². The summed E-state index contributed by atoms with van der Waals surface area (Å²) < 4.78 is 0. The normalized spacial score (nSPS) is 29.4. The van der Waals surface area contributed by atoms with Crippen LogP contribution in [0.3, 0.4) is 0 Å². The lowest BCUT2D eigenvalue weighted by Gasteiger charge is -2.41. The van der Waals surface area contributed by atoms with E-state index in [1.54, 1.807) is 0 Å². The molecular formula is C7H15N3O. The first-order valence-corrected chi connectivity index (χ1v) is 3.79. The third-order valence-electron chi connectivity index (χ3n) is 2.37. The fourth-order valence-corrected chi connectivity index (χ4v) is 1.29. The van der Waals surface area contributed by atoms with Crippen molar-refractivity contribution >= 4 is 5.96 Å². The Hall–Kier alpha value is -0.770. The van der Waals surface area contributed by atoms with Crippen LogP contribution in [0.2, 0.25) is 0 Å². The molecule has 64 valence electrons. The van der Waals surface area contributed by atoms with Gasteiger partial charge >= 0.3 is 0 Å². The van der Waals surface area contributed by atoms with E-state index >= 15 is 0 Å². The van der Waals surface area contributed by atoms with Gasteiger partial charge in [-0.3, -0.25) is 5.21 Å². The summed E-state index contributed by atoms with van der Waals surface area (Å²) in [6.07, 6.45) is 2.25. The molecule has 0 amide bonds. The molecule has 1 aliphatic rings. The number of nitrogens with zero attached hydrogens (tertiary/aromatic N) is 1. The summed E-state index contributed by atoms with van der Waals surface area (Å²) in [4.78, 5) is 4.09. The van der Waals surface area contributed by atoms with Crippen LogP contribution in [0, 0.1) is 5.41 Å². The molecular weight excluding hydrogens is 142 g/mol. The highest BCUT2D eigenvalue weighted by molar-refractivity contribution is 5.76. The van der Waals surface area contributed by atoms with E-state index < -0.39 is 0 Å². The van der Waals surface area contributed by atoms with Crippen molar-refractivity contribution < 1.29 is 5.21 Å². The van der Waals surface area contributed by atoms with Gasteiger partial charge in [0.1, 0.15) is 0 Å². The predicted molar refractivity (Wildman–Crippen MR) is 43.3 cm³/mol. The van der Waals surface area contributed by atoms with E-state index in [9.17, 15) is 0 Å². The lowest BCUT2D eigenvalue weighted by atomic mass is 9.68. The molecule has 0 aromatic carbocycles. The maximum Gasteiger partial charge on any atom is 0.213 e. The smallest absolute Gasteiger partial charge is 0.213 e. The molecule has 1 fully saturated rings. The summed E-state index contributed by atoms with van der Waals surface area (Å²) in [5, 5.41) is 8.37. The van der Waals surface area contributed by atoms with Crippen LogP contribution in [0.15, 0.2) is 4.99 Å². The molecule has 1 atom stereocenters. The second-order valence-electron chi connectivity index (χ2n) is 3.67. The van der Waals surface area contributed by atoms with E-state index in [1.165, 1.54) is 6.42 Å². The minimum absolute atomic E-state index is 0.114. The van der Waals surface area contributed by atoms with Gasteiger partial charge in [0.15, 0.2) is 0 Å². The molecule has 0 spiro atoms. The van der Waals surface area contributed by atoms with E-state index in [0.29, 0.717) is 0 Å². The van der Waals surface area contributed by atoms with Crippen LogP contribution >= 0.6 is 0 Å². The number of guanidine groups is 1. The SMILES string of the molecule is CC1(C)CCC1N=C(N)NO. The van der Waals surface area contributed by atoms with Crippen molar-refractivity contribution in [1.82, 2.24) is 5.48 Å². The highest BCUT2D eigenvalue weighted by Gasteiger charge is 2.38. The van der Waals surface area contributed by atoms with Gasteiger partial charge in [0, 0.05) is 0 Å². The third-order valence-corrected chi connectivity index (χ3v) is 2.37. The second kappa shape index (κ2) is 2.70. The Bertz CT molecular complexity index is 177. The zero-order valence-electron chi connectivity index (χ0n) is 6.96. The first-order chi connectivity index (χ1) is 5.06. The van der Waals surface area contributed by atoms with E-state index in [4.69, 9.17) is 10.9 Å². The Morgan fingerprint density at radius 2 is 2.36 bits per heavy atom. The predicted octanol–water partition coefficient (Wildman–Crippen LogP) is 0.469. The quantitative estimate of drug-likeness (QED) is 0.294. The third kappa shape index (κ3) is 1.63. The van der Waals surface area contributed by atoms with Gasteiger partial charge < -0.3 is 5.73 Å². The van der Waals surface area contributed by atoms with Crippen molar-refractivity contribution in [3.8, 4) is 0 Å². The molecule has 1 aliphatic carbocycles. The van der Waals surface area contributed by atoms with Gasteiger partial charge in [0.2, 0.25) is 5.96 Å². The van der Waals surface area contributed by atoms with Crippen molar-refractivity contribution in [3.63, 3.8) is 0 Å². The maximum atomic E-state index is 8.37. The maximum absolute atomic E-state index is 8.37. The summed E-state index contributed by atoms with van der Waals surface area (Å²) in [7, 11) is 0. The molecule has 11 heavy (non-hydrogen) atoms. The molecule has 4 nitrogen and oxygen atoms in total. The van der Waals surface area contributed by atoms with Gasteiger partial charge in [-0.25, -0.2) is 10.5 Å². The zero-order chi connectivity index (χ0) is 8.48. The number of hydrogen-bond donors (Lipinski definition) is 3. The van der Waals surface area contributed by atoms with Crippen LogP contribution in [-0.4, -0.2) is 17.2 Å². The Morgan fingerprint density at radius 3 is 2.64 bits per heavy atom. The molecule has 4 N–H and O–H groups in total. The molecule has 0 saturated heterocycles.